The van der Waals surface area contributed by atoms with Gasteiger partial charge in [0.1, 0.15) is 18.3 Å². The van der Waals surface area contributed by atoms with E-state index in [1.54, 1.807) is 0 Å². The predicted octanol–water partition coefficient (Wildman–Crippen LogP) is 3.86. The van der Waals surface area contributed by atoms with Gasteiger partial charge in [0.05, 0.1) is 5.56 Å². The molecule has 92 valence electrons. The second-order valence-electron chi connectivity index (χ2n) is 3.11. The molecule has 3 nitrogen and oxygen atoms in total. The molecular weight excluding hydrogens is 305 g/mol. The molecule has 17 heavy (non-hydrogen) atoms. The normalized spacial score (nSPS) is 15.5. The smallest absolute Gasteiger partial charge is 0.455 e. The molecule has 1 aliphatic rings. The first-order valence-electron chi connectivity index (χ1n) is 4.47. The van der Waals surface area contributed by atoms with Crippen molar-refractivity contribution in [1.29, 1.82) is 0 Å². The highest BCUT2D eigenvalue weighted by Crippen LogP contribution is 2.36. The fourth-order valence-corrected chi connectivity index (χ4v) is 1.69. The van der Waals surface area contributed by atoms with E-state index in [0.29, 0.717) is 4.47 Å². The molecule has 0 bridgehead atoms. The third-order valence-corrected chi connectivity index (χ3v) is 2.40. The molecule has 0 saturated carbocycles. The van der Waals surface area contributed by atoms with Crippen LogP contribution in [0.5, 0.6) is 5.75 Å². The maximum atomic E-state index is 12.2. The summed E-state index contributed by atoms with van der Waals surface area (Å²) in [5.74, 6) is -0.352. The van der Waals surface area contributed by atoms with Gasteiger partial charge in [-0.1, -0.05) is 15.9 Å². The number of benzene rings is 1. The molecule has 1 aromatic carbocycles. The number of alkyl halides is 3. The van der Waals surface area contributed by atoms with Crippen LogP contribution in [0.4, 0.5) is 13.2 Å². The average Bonchev–Trinajstić information content (AvgIpc) is 2.71. The van der Waals surface area contributed by atoms with Crippen LogP contribution in [0, 0.1) is 0 Å². The monoisotopic (exact) mass is 310 g/mol. The van der Waals surface area contributed by atoms with Gasteiger partial charge in [0, 0.05) is 4.47 Å². The molecular formula is C10H6BrF3O3. The minimum atomic E-state index is -4.76. The lowest BCUT2D eigenvalue weighted by Gasteiger charge is -2.17. The van der Waals surface area contributed by atoms with Crippen molar-refractivity contribution >= 4 is 15.9 Å². The Morgan fingerprint density at radius 1 is 1.18 bits per heavy atom. The van der Waals surface area contributed by atoms with Crippen molar-refractivity contribution in [3.8, 4) is 5.75 Å². The predicted molar refractivity (Wildman–Crippen MR) is 54.9 cm³/mol. The zero-order valence-corrected chi connectivity index (χ0v) is 9.79. The topological polar surface area (TPSA) is 27.7 Å². The molecule has 0 fully saturated rings. The lowest BCUT2D eigenvalue weighted by atomic mass is 10.2. The van der Waals surface area contributed by atoms with Gasteiger partial charge in [-0.3, -0.25) is 0 Å². The summed E-state index contributed by atoms with van der Waals surface area (Å²) in [7, 11) is 0. The van der Waals surface area contributed by atoms with Crippen molar-refractivity contribution in [3.05, 3.63) is 40.8 Å². The third-order valence-electron chi connectivity index (χ3n) is 1.91. The summed E-state index contributed by atoms with van der Waals surface area (Å²) in [4.78, 5) is 0. The van der Waals surface area contributed by atoms with E-state index < -0.39 is 12.7 Å². The Balaban J connectivity index is 2.30. The standard InChI is InChI=1S/C10H6BrF3O3/c11-6-1-2-8(17-10(12,13)14)7(5-6)9-15-3-4-16-9/h1-5,9H. The number of ether oxygens (including phenoxy) is 3. The Hall–Kier alpha value is -1.37. The van der Waals surface area contributed by atoms with Gasteiger partial charge in [-0.2, -0.15) is 0 Å². The molecule has 0 aliphatic carbocycles. The van der Waals surface area contributed by atoms with E-state index in [0.717, 1.165) is 0 Å². The van der Waals surface area contributed by atoms with Crippen molar-refractivity contribution in [3.63, 3.8) is 0 Å². The maximum absolute atomic E-state index is 12.2. The summed E-state index contributed by atoms with van der Waals surface area (Å²) in [6, 6.07) is 4.07. The van der Waals surface area contributed by atoms with Gasteiger partial charge in [0.25, 0.3) is 6.29 Å². The molecule has 0 N–H and O–H groups in total. The second-order valence-corrected chi connectivity index (χ2v) is 4.02. The molecule has 7 heteroatoms. The summed E-state index contributed by atoms with van der Waals surface area (Å²) in [5.41, 5.74) is 0.154. The molecule has 1 heterocycles. The van der Waals surface area contributed by atoms with E-state index in [1.807, 2.05) is 0 Å². The van der Waals surface area contributed by atoms with Gasteiger partial charge in [-0.05, 0) is 18.2 Å². The molecule has 0 radical (unpaired) electrons. The molecule has 1 aromatic rings. The van der Waals surface area contributed by atoms with Crippen molar-refractivity contribution in [2.24, 2.45) is 0 Å². The van der Waals surface area contributed by atoms with Crippen LogP contribution in [0.15, 0.2) is 35.2 Å². The van der Waals surface area contributed by atoms with E-state index in [2.05, 4.69) is 20.7 Å². The summed E-state index contributed by atoms with van der Waals surface area (Å²) < 4.78 is 51.0. The lowest BCUT2D eigenvalue weighted by molar-refractivity contribution is -0.275. The minimum Gasteiger partial charge on any atom is -0.455 e. The van der Waals surface area contributed by atoms with Gasteiger partial charge in [0.15, 0.2) is 0 Å². The quantitative estimate of drug-likeness (QED) is 0.830. The molecule has 2 rings (SSSR count). The van der Waals surface area contributed by atoms with Crippen LogP contribution in [-0.4, -0.2) is 6.36 Å². The van der Waals surface area contributed by atoms with E-state index in [1.165, 1.54) is 30.7 Å². The lowest BCUT2D eigenvalue weighted by Crippen LogP contribution is -2.18. The zero-order chi connectivity index (χ0) is 12.5. The van der Waals surface area contributed by atoms with Gasteiger partial charge in [-0.15, -0.1) is 13.2 Å². The van der Waals surface area contributed by atoms with Gasteiger partial charge >= 0.3 is 6.36 Å². The highest BCUT2D eigenvalue weighted by molar-refractivity contribution is 9.10. The molecule has 0 unspecified atom stereocenters. The summed E-state index contributed by atoms with van der Waals surface area (Å²) in [6.45, 7) is 0. The Kier molecular flexibility index (Phi) is 3.19. The van der Waals surface area contributed by atoms with Crippen LogP contribution >= 0.6 is 15.9 Å². The average molecular weight is 311 g/mol. The Labute approximate surface area is 103 Å². The van der Waals surface area contributed by atoms with Crippen LogP contribution in [0.25, 0.3) is 0 Å². The summed E-state index contributed by atoms with van der Waals surface area (Å²) in [5, 5.41) is 0. The fraction of sp³-hybridized carbons (Fsp3) is 0.200. The number of rotatable bonds is 2. The first-order chi connectivity index (χ1) is 7.96. The minimum absolute atomic E-state index is 0.154. The second kappa shape index (κ2) is 4.48. The zero-order valence-electron chi connectivity index (χ0n) is 8.20. The van der Waals surface area contributed by atoms with Crippen LogP contribution in [0.3, 0.4) is 0 Å². The van der Waals surface area contributed by atoms with E-state index in [-0.39, 0.29) is 11.3 Å². The molecule has 0 amide bonds. The Morgan fingerprint density at radius 3 is 2.41 bits per heavy atom. The van der Waals surface area contributed by atoms with Gasteiger partial charge < -0.3 is 14.2 Å². The number of hydrogen-bond acceptors (Lipinski definition) is 3. The van der Waals surface area contributed by atoms with E-state index >= 15 is 0 Å². The molecule has 0 saturated heterocycles. The first kappa shape index (κ1) is 12.1. The highest BCUT2D eigenvalue weighted by Gasteiger charge is 2.34. The van der Waals surface area contributed by atoms with Crippen LogP contribution in [0.2, 0.25) is 0 Å². The summed E-state index contributed by atoms with van der Waals surface area (Å²) >= 11 is 3.15. The number of hydrogen-bond donors (Lipinski definition) is 0. The van der Waals surface area contributed by atoms with E-state index in [4.69, 9.17) is 9.47 Å². The fourth-order valence-electron chi connectivity index (χ4n) is 1.31. The van der Waals surface area contributed by atoms with Crippen LogP contribution in [-0.2, 0) is 9.47 Å². The third kappa shape index (κ3) is 3.06. The van der Waals surface area contributed by atoms with E-state index in [9.17, 15) is 13.2 Å². The van der Waals surface area contributed by atoms with Crippen LogP contribution in [0.1, 0.15) is 11.9 Å². The SMILES string of the molecule is FC(F)(F)Oc1ccc(Br)cc1C1OC=CO1. The van der Waals surface area contributed by atoms with Crippen molar-refractivity contribution in [2.75, 3.05) is 0 Å². The molecule has 0 spiro atoms. The molecule has 0 aromatic heterocycles. The first-order valence-corrected chi connectivity index (χ1v) is 5.26. The highest BCUT2D eigenvalue weighted by atomic mass is 79.9. The van der Waals surface area contributed by atoms with Gasteiger partial charge in [0.2, 0.25) is 0 Å². The van der Waals surface area contributed by atoms with Crippen molar-refractivity contribution in [2.45, 2.75) is 12.7 Å². The Morgan fingerprint density at radius 2 is 1.82 bits per heavy atom. The van der Waals surface area contributed by atoms with Crippen molar-refractivity contribution in [1.82, 2.24) is 0 Å². The maximum Gasteiger partial charge on any atom is 0.573 e. The van der Waals surface area contributed by atoms with Crippen molar-refractivity contribution < 1.29 is 27.4 Å². The summed E-state index contributed by atoms with van der Waals surface area (Å²) in [6.07, 6.45) is -3.18. The van der Waals surface area contributed by atoms with Crippen LogP contribution < -0.4 is 4.74 Å². The molecule has 0 atom stereocenters. The Bertz CT molecular complexity index is 437. The van der Waals surface area contributed by atoms with Gasteiger partial charge in [-0.25, -0.2) is 0 Å². The largest absolute Gasteiger partial charge is 0.573 e. The number of halogens is 4. The molecule has 1 aliphatic heterocycles.